The zero-order valence-electron chi connectivity index (χ0n) is 14.8. The Kier molecular flexibility index (Phi) is 6.35. The Balaban J connectivity index is 2.02. The molecule has 1 aromatic carbocycles. The standard InChI is InChI=1S/C18H26ClNO4/c1-18(2,3)24-17(21)20-10-8-13(9-11-20)14-6-5-7-15(19)16(14)23-12-22-4/h5-7,13H,8-12H2,1-4H3. The molecular formula is C18H26ClNO4. The molecule has 2 rings (SSSR count). The fourth-order valence-electron chi connectivity index (χ4n) is 2.82. The molecule has 1 aromatic rings. The van der Waals surface area contributed by atoms with Crippen molar-refractivity contribution in [3.63, 3.8) is 0 Å². The second-order valence-corrected chi connectivity index (χ2v) is 7.36. The highest BCUT2D eigenvalue weighted by Gasteiger charge is 2.29. The number of hydrogen-bond acceptors (Lipinski definition) is 4. The highest BCUT2D eigenvalue weighted by Crippen LogP contribution is 2.38. The average Bonchev–Trinajstić information content (AvgIpc) is 2.52. The van der Waals surface area contributed by atoms with Crippen LogP contribution in [0.3, 0.4) is 0 Å². The Labute approximate surface area is 148 Å². The number of amides is 1. The molecule has 1 aliphatic rings. The zero-order chi connectivity index (χ0) is 17.7. The Morgan fingerprint density at radius 3 is 2.54 bits per heavy atom. The third-order valence-electron chi connectivity index (χ3n) is 3.91. The Morgan fingerprint density at radius 1 is 1.29 bits per heavy atom. The summed E-state index contributed by atoms with van der Waals surface area (Å²) in [6.07, 6.45) is 1.45. The number of rotatable bonds is 4. The molecule has 1 fully saturated rings. The number of para-hydroxylation sites is 1. The lowest BCUT2D eigenvalue weighted by molar-refractivity contribution is 0.0203. The minimum Gasteiger partial charge on any atom is -0.466 e. The fraction of sp³-hybridized carbons (Fsp3) is 0.611. The number of piperidine rings is 1. The topological polar surface area (TPSA) is 48.0 Å². The van der Waals surface area contributed by atoms with Crippen molar-refractivity contribution >= 4 is 17.7 Å². The van der Waals surface area contributed by atoms with Crippen molar-refractivity contribution < 1.29 is 19.0 Å². The first-order chi connectivity index (χ1) is 11.3. The molecule has 0 atom stereocenters. The molecule has 1 saturated heterocycles. The van der Waals surface area contributed by atoms with E-state index in [-0.39, 0.29) is 12.9 Å². The predicted octanol–water partition coefficient (Wildman–Crippen LogP) is 4.44. The minimum absolute atomic E-state index is 0.160. The molecule has 1 aliphatic heterocycles. The molecule has 0 saturated carbocycles. The van der Waals surface area contributed by atoms with E-state index in [0.29, 0.717) is 29.8 Å². The second kappa shape index (κ2) is 8.08. The van der Waals surface area contributed by atoms with E-state index in [0.717, 1.165) is 18.4 Å². The number of carbonyl (C=O) groups excluding carboxylic acids is 1. The molecule has 6 heteroatoms. The number of hydrogen-bond donors (Lipinski definition) is 0. The van der Waals surface area contributed by atoms with E-state index in [2.05, 4.69) is 0 Å². The maximum atomic E-state index is 12.2. The van der Waals surface area contributed by atoms with E-state index in [1.807, 2.05) is 39.0 Å². The van der Waals surface area contributed by atoms with Crippen molar-refractivity contribution in [3.8, 4) is 5.75 Å². The lowest BCUT2D eigenvalue weighted by Crippen LogP contribution is -2.41. The number of ether oxygens (including phenoxy) is 3. The summed E-state index contributed by atoms with van der Waals surface area (Å²) in [4.78, 5) is 13.9. The van der Waals surface area contributed by atoms with E-state index < -0.39 is 5.60 Å². The maximum absolute atomic E-state index is 12.2. The fourth-order valence-corrected chi connectivity index (χ4v) is 3.05. The zero-order valence-corrected chi connectivity index (χ0v) is 15.6. The first-order valence-electron chi connectivity index (χ1n) is 8.20. The van der Waals surface area contributed by atoms with Gasteiger partial charge in [0, 0.05) is 20.2 Å². The van der Waals surface area contributed by atoms with Crippen LogP contribution in [0.25, 0.3) is 0 Å². The molecule has 24 heavy (non-hydrogen) atoms. The number of likely N-dealkylation sites (tertiary alicyclic amines) is 1. The van der Waals surface area contributed by atoms with Crippen LogP contribution in [0, 0.1) is 0 Å². The number of methoxy groups -OCH3 is 1. The predicted molar refractivity (Wildman–Crippen MR) is 93.7 cm³/mol. The van der Waals surface area contributed by atoms with E-state index in [4.69, 9.17) is 25.8 Å². The van der Waals surface area contributed by atoms with Gasteiger partial charge in [0.2, 0.25) is 0 Å². The van der Waals surface area contributed by atoms with Crippen LogP contribution in [0.2, 0.25) is 5.02 Å². The molecule has 0 aromatic heterocycles. The molecular weight excluding hydrogens is 330 g/mol. The molecule has 0 N–H and O–H groups in total. The van der Waals surface area contributed by atoms with Crippen LogP contribution in [-0.2, 0) is 9.47 Å². The number of nitrogens with zero attached hydrogens (tertiary/aromatic N) is 1. The summed E-state index contributed by atoms with van der Waals surface area (Å²) >= 11 is 6.27. The van der Waals surface area contributed by atoms with Crippen molar-refractivity contribution in [2.45, 2.75) is 45.1 Å². The van der Waals surface area contributed by atoms with Crippen molar-refractivity contribution in [3.05, 3.63) is 28.8 Å². The van der Waals surface area contributed by atoms with Crippen molar-refractivity contribution in [1.82, 2.24) is 4.90 Å². The molecule has 1 amide bonds. The van der Waals surface area contributed by atoms with Gasteiger partial charge in [0.05, 0.1) is 5.02 Å². The Morgan fingerprint density at radius 2 is 1.96 bits per heavy atom. The molecule has 0 spiro atoms. The Hall–Kier alpha value is -1.46. The largest absolute Gasteiger partial charge is 0.466 e. The third-order valence-corrected chi connectivity index (χ3v) is 4.20. The molecule has 5 nitrogen and oxygen atoms in total. The minimum atomic E-state index is -0.470. The lowest BCUT2D eigenvalue weighted by Gasteiger charge is -2.34. The molecule has 0 bridgehead atoms. The van der Waals surface area contributed by atoms with Crippen LogP contribution in [0.15, 0.2) is 18.2 Å². The van der Waals surface area contributed by atoms with Crippen LogP contribution in [0.4, 0.5) is 4.79 Å². The molecule has 0 unspecified atom stereocenters. The number of benzene rings is 1. The summed E-state index contributed by atoms with van der Waals surface area (Å²) in [5.41, 5.74) is 0.602. The summed E-state index contributed by atoms with van der Waals surface area (Å²) < 4.78 is 16.1. The number of carbonyl (C=O) groups is 1. The van der Waals surface area contributed by atoms with E-state index in [1.165, 1.54) is 0 Å². The van der Waals surface area contributed by atoms with Crippen LogP contribution >= 0.6 is 11.6 Å². The normalized spacial score (nSPS) is 16.1. The first kappa shape index (κ1) is 18.9. The summed E-state index contributed by atoms with van der Waals surface area (Å²) in [6, 6.07) is 5.77. The van der Waals surface area contributed by atoms with E-state index >= 15 is 0 Å². The van der Waals surface area contributed by atoms with Gasteiger partial charge in [0.1, 0.15) is 11.4 Å². The van der Waals surface area contributed by atoms with Gasteiger partial charge in [0.15, 0.2) is 6.79 Å². The smallest absolute Gasteiger partial charge is 0.410 e. The summed E-state index contributed by atoms with van der Waals surface area (Å²) in [7, 11) is 1.58. The molecule has 0 radical (unpaired) electrons. The lowest BCUT2D eigenvalue weighted by atomic mass is 9.89. The van der Waals surface area contributed by atoms with Crippen molar-refractivity contribution in [1.29, 1.82) is 0 Å². The van der Waals surface area contributed by atoms with Crippen LogP contribution in [0.5, 0.6) is 5.75 Å². The van der Waals surface area contributed by atoms with Gasteiger partial charge in [-0.2, -0.15) is 0 Å². The van der Waals surface area contributed by atoms with Gasteiger partial charge in [-0.1, -0.05) is 23.7 Å². The Bertz CT molecular complexity index is 563. The summed E-state index contributed by atoms with van der Waals surface area (Å²) in [5.74, 6) is 0.978. The van der Waals surface area contributed by atoms with Gasteiger partial charge in [-0.15, -0.1) is 0 Å². The van der Waals surface area contributed by atoms with Crippen molar-refractivity contribution in [2.75, 3.05) is 27.0 Å². The van der Waals surface area contributed by atoms with E-state index in [9.17, 15) is 4.79 Å². The monoisotopic (exact) mass is 355 g/mol. The van der Waals surface area contributed by atoms with Gasteiger partial charge in [0.25, 0.3) is 0 Å². The SMILES string of the molecule is COCOc1c(Cl)cccc1C1CCN(C(=O)OC(C)(C)C)CC1. The molecule has 0 aliphatic carbocycles. The van der Waals surface area contributed by atoms with E-state index in [1.54, 1.807) is 12.0 Å². The third kappa shape index (κ3) is 5.02. The summed E-state index contributed by atoms with van der Waals surface area (Å²) in [6.45, 7) is 7.12. The molecule has 1 heterocycles. The van der Waals surface area contributed by atoms with Gasteiger partial charge < -0.3 is 19.1 Å². The van der Waals surface area contributed by atoms with Crippen LogP contribution in [-0.4, -0.2) is 43.6 Å². The van der Waals surface area contributed by atoms with Gasteiger partial charge >= 0.3 is 6.09 Å². The van der Waals surface area contributed by atoms with Gasteiger partial charge in [-0.25, -0.2) is 4.79 Å². The van der Waals surface area contributed by atoms with Crippen LogP contribution < -0.4 is 4.74 Å². The first-order valence-corrected chi connectivity index (χ1v) is 8.57. The molecule has 134 valence electrons. The van der Waals surface area contributed by atoms with Crippen molar-refractivity contribution in [2.24, 2.45) is 0 Å². The number of halogens is 1. The highest BCUT2D eigenvalue weighted by atomic mass is 35.5. The highest BCUT2D eigenvalue weighted by molar-refractivity contribution is 6.32. The van der Waals surface area contributed by atoms with Gasteiger partial charge in [-0.05, 0) is 51.2 Å². The average molecular weight is 356 g/mol. The van der Waals surface area contributed by atoms with Gasteiger partial charge in [-0.3, -0.25) is 0 Å². The van der Waals surface area contributed by atoms with Crippen LogP contribution in [0.1, 0.15) is 45.1 Å². The quantitative estimate of drug-likeness (QED) is 0.749. The summed E-state index contributed by atoms with van der Waals surface area (Å²) in [5, 5.41) is 0.583. The second-order valence-electron chi connectivity index (χ2n) is 6.95. The maximum Gasteiger partial charge on any atom is 0.410 e.